The van der Waals surface area contributed by atoms with E-state index in [1.807, 2.05) is 0 Å². The van der Waals surface area contributed by atoms with Gasteiger partial charge in [0, 0.05) is 34.9 Å². The SMILES string of the molecule is Cc1cc([N+](=O)[O-])ccc1NC(=O)c1c[nH]c2cc(C(F)(F)F)ccc2c1=O. The molecule has 0 aliphatic heterocycles. The lowest BCUT2D eigenvalue weighted by Crippen LogP contribution is -2.22. The highest BCUT2D eigenvalue weighted by Crippen LogP contribution is 2.30. The summed E-state index contributed by atoms with van der Waals surface area (Å²) in [6.07, 6.45) is -3.53. The van der Waals surface area contributed by atoms with Crippen molar-refractivity contribution in [2.24, 2.45) is 0 Å². The summed E-state index contributed by atoms with van der Waals surface area (Å²) in [6, 6.07) is 6.35. The van der Waals surface area contributed by atoms with Crippen LogP contribution in [0.4, 0.5) is 24.5 Å². The Morgan fingerprint density at radius 2 is 1.89 bits per heavy atom. The molecule has 0 unspecified atom stereocenters. The van der Waals surface area contributed by atoms with E-state index in [0.29, 0.717) is 5.56 Å². The van der Waals surface area contributed by atoms with Crippen LogP contribution >= 0.6 is 0 Å². The number of benzene rings is 2. The van der Waals surface area contributed by atoms with Crippen molar-refractivity contribution in [1.29, 1.82) is 0 Å². The highest BCUT2D eigenvalue weighted by Gasteiger charge is 2.30. The van der Waals surface area contributed by atoms with Crippen molar-refractivity contribution in [3.8, 4) is 0 Å². The number of carbonyl (C=O) groups is 1. The molecular formula is C18H12F3N3O4. The molecule has 1 amide bonds. The Balaban J connectivity index is 1.95. The minimum Gasteiger partial charge on any atom is -0.360 e. The number of amides is 1. The van der Waals surface area contributed by atoms with Crippen molar-refractivity contribution in [3.63, 3.8) is 0 Å². The van der Waals surface area contributed by atoms with E-state index in [1.165, 1.54) is 18.2 Å². The predicted octanol–water partition coefficient (Wildman–Crippen LogP) is 4.02. The minimum absolute atomic E-state index is 0.0529. The Morgan fingerprint density at radius 1 is 1.18 bits per heavy atom. The molecule has 1 heterocycles. The Kier molecular flexibility index (Phi) is 4.63. The van der Waals surface area contributed by atoms with E-state index in [4.69, 9.17) is 0 Å². The van der Waals surface area contributed by atoms with Gasteiger partial charge in [0.15, 0.2) is 0 Å². The fraction of sp³-hybridized carbons (Fsp3) is 0.111. The number of alkyl halides is 3. The number of pyridine rings is 1. The number of fused-ring (bicyclic) bond motifs is 1. The standard InChI is InChI=1S/C18H12F3N3O4/c1-9-6-11(24(27)28)3-5-14(9)23-17(26)13-8-22-15-7-10(18(19,20)21)2-4-12(15)16(13)25/h2-8H,1H3,(H,22,25)(H,23,26). The number of anilines is 1. The number of hydrogen-bond donors (Lipinski definition) is 2. The highest BCUT2D eigenvalue weighted by molar-refractivity contribution is 6.06. The van der Waals surface area contributed by atoms with Crippen molar-refractivity contribution in [2.45, 2.75) is 13.1 Å². The van der Waals surface area contributed by atoms with Gasteiger partial charge < -0.3 is 10.3 Å². The number of halogens is 3. The van der Waals surface area contributed by atoms with Gasteiger partial charge >= 0.3 is 6.18 Å². The molecule has 0 atom stereocenters. The van der Waals surface area contributed by atoms with E-state index in [2.05, 4.69) is 10.3 Å². The summed E-state index contributed by atoms with van der Waals surface area (Å²) in [5.41, 5.74) is -1.49. The summed E-state index contributed by atoms with van der Waals surface area (Å²) in [5.74, 6) is -0.792. The summed E-state index contributed by atoms with van der Waals surface area (Å²) in [7, 11) is 0. The summed E-state index contributed by atoms with van der Waals surface area (Å²) >= 11 is 0. The zero-order valence-electron chi connectivity index (χ0n) is 14.3. The number of aromatic amines is 1. The molecule has 10 heteroatoms. The molecule has 0 aliphatic carbocycles. The van der Waals surface area contributed by atoms with Crippen LogP contribution in [-0.4, -0.2) is 15.8 Å². The number of carbonyl (C=O) groups excluding carboxylic acids is 1. The first-order chi connectivity index (χ1) is 13.1. The predicted molar refractivity (Wildman–Crippen MR) is 95.4 cm³/mol. The summed E-state index contributed by atoms with van der Waals surface area (Å²) in [6.45, 7) is 1.55. The normalized spacial score (nSPS) is 11.4. The fourth-order valence-corrected chi connectivity index (χ4v) is 2.66. The maximum atomic E-state index is 12.8. The zero-order chi connectivity index (χ0) is 20.6. The average Bonchev–Trinajstić information content (AvgIpc) is 2.62. The monoisotopic (exact) mass is 391 g/mol. The lowest BCUT2D eigenvalue weighted by atomic mass is 10.1. The Labute approximate surface area is 155 Å². The second-order valence-electron chi connectivity index (χ2n) is 6.00. The van der Waals surface area contributed by atoms with Crippen LogP contribution < -0.4 is 10.7 Å². The van der Waals surface area contributed by atoms with Crippen molar-refractivity contribution >= 4 is 28.2 Å². The van der Waals surface area contributed by atoms with Crippen LogP contribution in [0.1, 0.15) is 21.5 Å². The molecule has 3 rings (SSSR count). The third-order valence-electron chi connectivity index (χ3n) is 4.12. The smallest absolute Gasteiger partial charge is 0.360 e. The van der Waals surface area contributed by atoms with Gasteiger partial charge in [-0.25, -0.2) is 0 Å². The minimum atomic E-state index is -4.56. The number of aryl methyl sites for hydroxylation is 1. The quantitative estimate of drug-likeness (QED) is 0.520. The van der Waals surface area contributed by atoms with E-state index in [9.17, 15) is 32.9 Å². The number of aromatic nitrogens is 1. The fourth-order valence-electron chi connectivity index (χ4n) is 2.66. The molecule has 0 spiro atoms. The molecule has 144 valence electrons. The Morgan fingerprint density at radius 3 is 2.50 bits per heavy atom. The third kappa shape index (κ3) is 3.56. The molecule has 28 heavy (non-hydrogen) atoms. The van der Waals surface area contributed by atoms with Crippen LogP contribution in [0.5, 0.6) is 0 Å². The van der Waals surface area contributed by atoms with E-state index in [0.717, 1.165) is 24.4 Å². The second kappa shape index (κ2) is 6.80. The van der Waals surface area contributed by atoms with Crippen LogP contribution in [-0.2, 0) is 6.18 Å². The Hall–Kier alpha value is -3.69. The van der Waals surface area contributed by atoms with Crippen LogP contribution in [0.15, 0.2) is 47.4 Å². The van der Waals surface area contributed by atoms with Crippen LogP contribution in [0, 0.1) is 17.0 Å². The van der Waals surface area contributed by atoms with E-state index >= 15 is 0 Å². The first-order valence-electron chi connectivity index (χ1n) is 7.87. The van der Waals surface area contributed by atoms with Gasteiger partial charge in [-0.2, -0.15) is 13.2 Å². The molecule has 3 aromatic rings. The Bertz CT molecular complexity index is 1170. The van der Waals surface area contributed by atoms with Crippen LogP contribution in [0.3, 0.4) is 0 Å². The molecular weight excluding hydrogens is 379 g/mol. The van der Waals surface area contributed by atoms with Gasteiger partial charge in [-0.15, -0.1) is 0 Å². The van der Waals surface area contributed by atoms with Gasteiger partial charge in [0.1, 0.15) is 5.56 Å². The molecule has 0 aliphatic rings. The number of nitro benzene ring substituents is 1. The molecule has 2 aromatic carbocycles. The molecule has 0 saturated carbocycles. The number of non-ortho nitro benzene ring substituents is 1. The average molecular weight is 391 g/mol. The van der Waals surface area contributed by atoms with Gasteiger partial charge in [0.25, 0.3) is 11.6 Å². The molecule has 1 aromatic heterocycles. The summed E-state index contributed by atoms with van der Waals surface area (Å²) in [4.78, 5) is 37.6. The van der Waals surface area contributed by atoms with Crippen molar-refractivity contribution < 1.29 is 22.9 Å². The van der Waals surface area contributed by atoms with E-state index < -0.39 is 28.0 Å². The molecule has 0 radical (unpaired) electrons. The molecule has 0 saturated heterocycles. The number of nitrogens with zero attached hydrogens (tertiary/aromatic N) is 1. The molecule has 0 fully saturated rings. The largest absolute Gasteiger partial charge is 0.416 e. The third-order valence-corrected chi connectivity index (χ3v) is 4.12. The number of nitro groups is 1. The topological polar surface area (TPSA) is 105 Å². The van der Waals surface area contributed by atoms with Gasteiger partial charge in [-0.1, -0.05) is 0 Å². The summed E-state index contributed by atoms with van der Waals surface area (Å²) in [5, 5.41) is 13.2. The lowest BCUT2D eigenvalue weighted by molar-refractivity contribution is -0.384. The van der Waals surface area contributed by atoms with Crippen molar-refractivity contribution in [2.75, 3.05) is 5.32 Å². The number of hydrogen-bond acceptors (Lipinski definition) is 4. The van der Waals surface area contributed by atoms with E-state index in [-0.39, 0.29) is 27.8 Å². The van der Waals surface area contributed by atoms with Gasteiger partial charge in [-0.3, -0.25) is 19.7 Å². The van der Waals surface area contributed by atoms with E-state index in [1.54, 1.807) is 6.92 Å². The van der Waals surface area contributed by atoms with Gasteiger partial charge in [0.2, 0.25) is 5.43 Å². The highest BCUT2D eigenvalue weighted by atomic mass is 19.4. The maximum Gasteiger partial charge on any atom is 0.416 e. The molecule has 7 nitrogen and oxygen atoms in total. The van der Waals surface area contributed by atoms with Crippen LogP contribution in [0.2, 0.25) is 0 Å². The first kappa shape index (κ1) is 19.1. The lowest BCUT2D eigenvalue weighted by Gasteiger charge is -2.10. The van der Waals surface area contributed by atoms with Crippen LogP contribution in [0.25, 0.3) is 10.9 Å². The zero-order valence-corrected chi connectivity index (χ0v) is 14.3. The van der Waals surface area contributed by atoms with Gasteiger partial charge in [-0.05, 0) is 36.8 Å². The first-order valence-corrected chi connectivity index (χ1v) is 7.87. The molecule has 0 bridgehead atoms. The summed E-state index contributed by atoms with van der Waals surface area (Å²) < 4.78 is 38.4. The molecule has 2 N–H and O–H groups in total. The second-order valence-corrected chi connectivity index (χ2v) is 6.00. The number of rotatable bonds is 3. The maximum absolute atomic E-state index is 12.8. The number of nitrogens with one attached hydrogen (secondary N) is 2. The van der Waals surface area contributed by atoms with Crippen molar-refractivity contribution in [1.82, 2.24) is 4.98 Å². The van der Waals surface area contributed by atoms with Gasteiger partial charge in [0.05, 0.1) is 10.5 Å². The van der Waals surface area contributed by atoms with Crippen molar-refractivity contribution in [3.05, 3.63) is 79.6 Å². The number of H-pyrrole nitrogens is 1.